The highest BCUT2D eigenvalue weighted by atomic mass is 32.2. The highest BCUT2D eigenvalue weighted by molar-refractivity contribution is 7.99. The molecule has 0 bridgehead atoms. The number of Topliss-reactive ketones (excluding diaryl/α,β-unsaturated/α-hetero) is 1. The van der Waals surface area contributed by atoms with Crippen molar-refractivity contribution in [3.63, 3.8) is 0 Å². The summed E-state index contributed by atoms with van der Waals surface area (Å²) in [6.45, 7) is 0. The third-order valence-corrected chi connectivity index (χ3v) is 5.54. The van der Waals surface area contributed by atoms with Gasteiger partial charge in [-0.05, 0) is 30.0 Å². The summed E-state index contributed by atoms with van der Waals surface area (Å²) in [7, 11) is 1.82. The molecule has 0 N–H and O–H groups in total. The Kier molecular flexibility index (Phi) is 5.42. The molecular weight excluding hydrogens is 345 g/mol. The molecule has 0 spiro atoms. The van der Waals surface area contributed by atoms with E-state index in [1.54, 1.807) is 22.8 Å². The lowest BCUT2D eigenvalue weighted by molar-refractivity contribution is 0.0986. The number of hydrogen-bond donors (Lipinski definition) is 0. The number of aromatic nitrogens is 3. The smallest absolute Gasteiger partial charge is 0.191 e. The van der Waals surface area contributed by atoms with E-state index in [9.17, 15) is 9.18 Å². The number of halogens is 1. The molecule has 0 aliphatic carbocycles. The highest BCUT2D eigenvalue weighted by Crippen LogP contribution is 2.25. The average molecular weight is 361 g/mol. The second kappa shape index (κ2) is 7.72. The molecular formula is C17H16FN3OS2. The van der Waals surface area contributed by atoms with Crippen molar-refractivity contribution >= 4 is 28.9 Å². The fourth-order valence-electron chi connectivity index (χ4n) is 2.27. The van der Waals surface area contributed by atoms with Gasteiger partial charge in [0.15, 0.2) is 16.8 Å². The summed E-state index contributed by atoms with van der Waals surface area (Å²) in [5.74, 6) is 1.13. The lowest BCUT2D eigenvalue weighted by Crippen LogP contribution is -1.99. The van der Waals surface area contributed by atoms with Crippen molar-refractivity contribution in [2.45, 2.75) is 18.0 Å². The number of carbonyl (C=O) groups is 1. The molecule has 124 valence electrons. The van der Waals surface area contributed by atoms with Gasteiger partial charge in [0.1, 0.15) is 5.82 Å². The Balaban J connectivity index is 1.57. The van der Waals surface area contributed by atoms with E-state index in [1.165, 1.54) is 29.2 Å². The number of rotatable bonds is 7. The van der Waals surface area contributed by atoms with Crippen LogP contribution >= 0.6 is 23.1 Å². The maximum absolute atomic E-state index is 13.9. The third kappa shape index (κ3) is 3.73. The fraction of sp³-hybridized carbons (Fsp3) is 0.235. The van der Waals surface area contributed by atoms with Gasteiger partial charge in [0.2, 0.25) is 0 Å². The summed E-state index contributed by atoms with van der Waals surface area (Å²) < 4.78 is 15.7. The van der Waals surface area contributed by atoms with Crippen molar-refractivity contribution in [2.75, 3.05) is 5.75 Å². The molecule has 0 fully saturated rings. The van der Waals surface area contributed by atoms with Crippen LogP contribution in [-0.4, -0.2) is 26.3 Å². The normalized spacial score (nSPS) is 10.9. The molecule has 2 aromatic heterocycles. The Morgan fingerprint density at radius 1 is 1.25 bits per heavy atom. The van der Waals surface area contributed by atoms with E-state index < -0.39 is 0 Å². The Bertz CT molecular complexity index is 830. The molecule has 1 aromatic carbocycles. The van der Waals surface area contributed by atoms with E-state index in [0.717, 1.165) is 22.2 Å². The number of nitrogens with zero attached hydrogens (tertiary/aromatic N) is 3. The maximum atomic E-state index is 13.9. The summed E-state index contributed by atoms with van der Waals surface area (Å²) in [6.07, 6.45) is 1.29. The quantitative estimate of drug-likeness (QED) is 0.355. The first kappa shape index (κ1) is 16.9. The van der Waals surface area contributed by atoms with E-state index >= 15 is 0 Å². The van der Waals surface area contributed by atoms with Crippen LogP contribution in [0.2, 0.25) is 0 Å². The molecule has 24 heavy (non-hydrogen) atoms. The molecule has 2 heterocycles. The van der Waals surface area contributed by atoms with E-state index in [4.69, 9.17) is 0 Å². The monoisotopic (exact) mass is 361 g/mol. The van der Waals surface area contributed by atoms with Crippen molar-refractivity contribution in [3.05, 3.63) is 52.5 Å². The Morgan fingerprint density at radius 3 is 2.83 bits per heavy atom. The van der Waals surface area contributed by atoms with Crippen LogP contribution in [0.4, 0.5) is 4.39 Å². The van der Waals surface area contributed by atoms with Crippen molar-refractivity contribution in [3.8, 4) is 11.4 Å². The number of thioether (sulfide) groups is 1. The summed E-state index contributed by atoms with van der Waals surface area (Å²) in [6, 6.07) is 10.3. The first-order valence-corrected chi connectivity index (χ1v) is 9.37. The van der Waals surface area contributed by atoms with E-state index in [1.807, 2.05) is 24.6 Å². The van der Waals surface area contributed by atoms with Gasteiger partial charge < -0.3 is 4.57 Å². The molecule has 0 atom stereocenters. The van der Waals surface area contributed by atoms with Gasteiger partial charge >= 0.3 is 0 Å². The minimum atomic E-state index is -0.314. The number of hydrogen-bond acceptors (Lipinski definition) is 5. The molecule has 4 nitrogen and oxygen atoms in total. The molecule has 3 rings (SSSR count). The van der Waals surface area contributed by atoms with Crippen LogP contribution in [0.5, 0.6) is 0 Å². The first-order valence-electron chi connectivity index (χ1n) is 7.50. The van der Waals surface area contributed by atoms with Crippen LogP contribution in [0.3, 0.4) is 0 Å². The molecule has 0 amide bonds. The van der Waals surface area contributed by atoms with Crippen LogP contribution in [-0.2, 0) is 7.05 Å². The zero-order chi connectivity index (χ0) is 16.9. The second-order valence-electron chi connectivity index (χ2n) is 5.20. The standard InChI is InChI=1S/C17H16FN3OS2/c1-21-16(12-6-2-3-7-13(12)18)19-20-17(21)24-11-4-8-14(22)15-9-5-10-23-15/h2-3,5-7,9-10H,4,8,11H2,1H3. The molecule has 0 unspecified atom stereocenters. The lowest BCUT2D eigenvalue weighted by atomic mass is 10.2. The number of ketones is 1. The van der Waals surface area contributed by atoms with Crippen molar-refractivity contribution < 1.29 is 9.18 Å². The zero-order valence-corrected chi connectivity index (χ0v) is 14.7. The topological polar surface area (TPSA) is 47.8 Å². The van der Waals surface area contributed by atoms with E-state index in [-0.39, 0.29) is 11.6 Å². The van der Waals surface area contributed by atoms with E-state index in [2.05, 4.69) is 10.2 Å². The van der Waals surface area contributed by atoms with Crippen LogP contribution in [0, 0.1) is 5.82 Å². The largest absolute Gasteiger partial charge is 0.305 e. The first-order chi connectivity index (χ1) is 11.7. The molecule has 0 aliphatic heterocycles. The van der Waals surface area contributed by atoms with Gasteiger partial charge in [0, 0.05) is 19.2 Å². The molecule has 0 saturated carbocycles. The van der Waals surface area contributed by atoms with Gasteiger partial charge in [0.05, 0.1) is 10.4 Å². The number of thiophene rings is 1. The van der Waals surface area contributed by atoms with Gasteiger partial charge in [-0.2, -0.15) is 0 Å². The van der Waals surface area contributed by atoms with Gasteiger partial charge in [-0.25, -0.2) is 4.39 Å². The number of benzene rings is 1. The Hall–Kier alpha value is -1.99. The van der Waals surface area contributed by atoms with Crippen LogP contribution < -0.4 is 0 Å². The average Bonchev–Trinajstić information content (AvgIpc) is 3.23. The summed E-state index contributed by atoms with van der Waals surface area (Å²) >= 11 is 3.00. The molecule has 3 aromatic rings. The highest BCUT2D eigenvalue weighted by Gasteiger charge is 2.14. The molecule has 0 aliphatic rings. The third-order valence-electron chi connectivity index (χ3n) is 3.53. The SMILES string of the molecule is Cn1c(SCCCC(=O)c2cccs2)nnc1-c1ccccc1F. The predicted molar refractivity (Wildman–Crippen MR) is 95.0 cm³/mol. The van der Waals surface area contributed by atoms with Crippen LogP contribution in [0.1, 0.15) is 22.5 Å². The minimum absolute atomic E-state index is 0.176. The van der Waals surface area contributed by atoms with Crippen LogP contribution in [0.15, 0.2) is 46.9 Å². The zero-order valence-electron chi connectivity index (χ0n) is 13.1. The molecule has 0 radical (unpaired) electrons. The van der Waals surface area contributed by atoms with Crippen molar-refractivity contribution in [1.29, 1.82) is 0 Å². The van der Waals surface area contributed by atoms with Crippen LogP contribution in [0.25, 0.3) is 11.4 Å². The van der Waals surface area contributed by atoms with Crippen molar-refractivity contribution in [1.82, 2.24) is 14.8 Å². The summed E-state index contributed by atoms with van der Waals surface area (Å²) in [5, 5.41) is 10.8. The Morgan fingerprint density at radius 2 is 2.08 bits per heavy atom. The fourth-order valence-corrected chi connectivity index (χ4v) is 3.82. The summed E-state index contributed by atoms with van der Waals surface area (Å²) in [4.78, 5) is 12.7. The maximum Gasteiger partial charge on any atom is 0.191 e. The molecule has 0 saturated heterocycles. The van der Waals surface area contributed by atoms with Gasteiger partial charge in [-0.15, -0.1) is 21.5 Å². The van der Waals surface area contributed by atoms with E-state index in [0.29, 0.717) is 17.8 Å². The molecule has 7 heteroatoms. The lowest BCUT2D eigenvalue weighted by Gasteiger charge is -2.04. The summed E-state index contributed by atoms with van der Waals surface area (Å²) in [5.41, 5.74) is 0.437. The van der Waals surface area contributed by atoms with Gasteiger partial charge in [-0.3, -0.25) is 4.79 Å². The van der Waals surface area contributed by atoms with Gasteiger partial charge in [0.25, 0.3) is 0 Å². The van der Waals surface area contributed by atoms with Gasteiger partial charge in [-0.1, -0.05) is 30.0 Å². The Labute approximate surface area is 147 Å². The second-order valence-corrected chi connectivity index (χ2v) is 7.21. The minimum Gasteiger partial charge on any atom is -0.305 e. The van der Waals surface area contributed by atoms with Crippen molar-refractivity contribution in [2.24, 2.45) is 7.05 Å². The number of carbonyl (C=O) groups excluding carboxylic acids is 1. The predicted octanol–water partition coefficient (Wildman–Crippen LogP) is 4.44.